The molecule has 1 aromatic heterocycles. The molecule has 0 unspecified atom stereocenters. The van der Waals surface area contributed by atoms with Crippen LogP contribution in [0.2, 0.25) is 5.02 Å². The topological polar surface area (TPSA) is 84.7 Å². The molecule has 3 aromatic rings. The number of rotatable bonds is 5. The first kappa shape index (κ1) is 19.6. The van der Waals surface area contributed by atoms with E-state index in [1.807, 2.05) is 0 Å². The normalized spacial score (nSPS) is 11.3. The zero-order chi connectivity index (χ0) is 20.3. The summed E-state index contributed by atoms with van der Waals surface area (Å²) in [6.45, 7) is 1.59. The van der Waals surface area contributed by atoms with Crippen molar-refractivity contribution in [3.63, 3.8) is 0 Å². The molecule has 2 N–H and O–H groups in total. The van der Waals surface area contributed by atoms with Crippen molar-refractivity contribution in [3.05, 3.63) is 58.9 Å². The Kier molecular flexibility index (Phi) is 5.50. The van der Waals surface area contributed by atoms with Crippen molar-refractivity contribution in [2.45, 2.75) is 13.1 Å². The maximum atomic E-state index is 12.9. The third kappa shape index (κ3) is 4.58. The summed E-state index contributed by atoms with van der Waals surface area (Å²) in [6.07, 6.45) is -4.61. The Morgan fingerprint density at radius 2 is 1.96 bits per heavy atom. The largest absolute Gasteiger partial charge is 0.417 e. The van der Waals surface area contributed by atoms with E-state index in [0.717, 1.165) is 12.1 Å². The van der Waals surface area contributed by atoms with Gasteiger partial charge in [-0.05, 0) is 53.7 Å². The van der Waals surface area contributed by atoms with Gasteiger partial charge < -0.3 is 10.6 Å². The van der Waals surface area contributed by atoms with Crippen LogP contribution >= 0.6 is 11.6 Å². The molecule has 0 aliphatic rings. The summed E-state index contributed by atoms with van der Waals surface area (Å²) in [4.78, 5) is 12.1. The summed E-state index contributed by atoms with van der Waals surface area (Å²) < 4.78 is 40.2. The van der Waals surface area contributed by atoms with Gasteiger partial charge in [-0.3, -0.25) is 4.79 Å². The van der Waals surface area contributed by atoms with E-state index in [-0.39, 0.29) is 12.2 Å². The van der Waals surface area contributed by atoms with E-state index in [0.29, 0.717) is 17.2 Å². The van der Waals surface area contributed by atoms with Crippen LogP contribution in [0, 0.1) is 6.92 Å². The fourth-order valence-electron chi connectivity index (χ4n) is 2.43. The number of nitrogens with zero attached hydrogens (tertiary/aromatic N) is 4. The number of carbonyl (C=O) groups excluding carboxylic acids is 1. The third-order valence-corrected chi connectivity index (χ3v) is 4.05. The van der Waals surface area contributed by atoms with E-state index in [1.54, 1.807) is 31.2 Å². The molecule has 1 amide bonds. The van der Waals surface area contributed by atoms with E-state index in [9.17, 15) is 18.0 Å². The summed E-state index contributed by atoms with van der Waals surface area (Å²) in [5.41, 5.74) is 0.307. The highest BCUT2D eigenvalue weighted by atomic mass is 35.5. The second kappa shape index (κ2) is 7.85. The number of halogens is 4. The molecule has 0 fully saturated rings. The molecule has 3 rings (SSSR count). The highest BCUT2D eigenvalue weighted by Crippen LogP contribution is 2.36. The first-order valence-electron chi connectivity index (χ1n) is 8.00. The lowest BCUT2D eigenvalue weighted by Crippen LogP contribution is -2.22. The van der Waals surface area contributed by atoms with Crippen molar-refractivity contribution in [1.29, 1.82) is 0 Å². The summed E-state index contributed by atoms with van der Waals surface area (Å²) in [6, 6.07) is 10.2. The Hall–Kier alpha value is -3.14. The summed E-state index contributed by atoms with van der Waals surface area (Å²) in [5, 5.41) is 16.1. The van der Waals surface area contributed by atoms with Gasteiger partial charge in [0.15, 0.2) is 5.82 Å². The molecule has 7 nitrogen and oxygen atoms in total. The minimum atomic E-state index is -4.61. The Bertz CT molecular complexity index is 1000. The van der Waals surface area contributed by atoms with Gasteiger partial charge in [-0.2, -0.15) is 17.9 Å². The zero-order valence-electron chi connectivity index (χ0n) is 14.5. The highest BCUT2D eigenvalue weighted by Gasteiger charge is 2.33. The van der Waals surface area contributed by atoms with Gasteiger partial charge in [0.1, 0.15) is 0 Å². The van der Waals surface area contributed by atoms with Gasteiger partial charge in [0.05, 0.1) is 22.8 Å². The average Bonchev–Trinajstić information content (AvgIpc) is 3.07. The maximum absolute atomic E-state index is 12.9. The van der Waals surface area contributed by atoms with Crippen molar-refractivity contribution in [1.82, 2.24) is 20.2 Å². The molecular formula is C17H14ClF3N6O. The Labute approximate surface area is 162 Å². The molecule has 146 valence electrons. The minimum absolute atomic E-state index is 0.00147. The Morgan fingerprint density at radius 3 is 2.64 bits per heavy atom. The number of nitrogens with one attached hydrogen (secondary N) is 2. The van der Waals surface area contributed by atoms with E-state index in [2.05, 4.69) is 26.2 Å². The first-order chi connectivity index (χ1) is 13.2. The molecule has 1 heterocycles. The van der Waals surface area contributed by atoms with Crippen LogP contribution in [0.25, 0.3) is 5.69 Å². The summed E-state index contributed by atoms with van der Waals surface area (Å²) >= 11 is 5.57. The molecule has 0 aliphatic carbocycles. The molecule has 0 aliphatic heterocycles. The number of benzene rings is 2. The molecule has 0 spiro atoms. The molecule has 2 aromatic carbocycles. The standard InChI is InChI=1S/C17H14ClF3N6O/c1-10-24-25-26-27(10)13-4-2-3-11(7-13)22-9-16(28)23-12-5-6-15(18)14(8-12)17(19,20)21/h2-8,22H,9H2,1H3,(H,23,28). The van der Waals surface area contributed by atoms with Crippen molar-refractivity contribution < 1.29 is 18.0 Å². The fourth-order valence-corrected chi connectivity index (χ4v) is 2.65. The van der Waals surface area contributed by atoms with Crippen molar-refractivity contribution in [3.8, 4) is 5.69 Å². The van der Waals surface area contributed by atoms with Gasteiger partial charge in [-0.1, -0.05) is 17.7 Å². The average molecular weight is 411 g/mol. The van der Waals surface area contributed by atoms with E-state index < -0.39 is 22.7 Å². The zero-order valence-corrected chi connectivity index (χ0v) is 15.2. The van der Waals surface area contributed by atoms with Crippen molar-refractivity contribution in [2.24, 2.45) is 0 Å². The van der Waals surface area contributed by atoms with Crippen LogP contribution in [0.4, 0.5) is 24.5 Å². The predicted octanol–water partition coefficient (Wildman–Crippen LogP) is 3.69. The quantitative estimate of drug-likeness (QED) is 0.670. The first-order valence-corrected chi connectivity index (χ1v) is 8.38. The van der Waals surface area contributed by atoms with Gasteiger partial charge in [-0.25, -0.2) is 0 Å². The van der Waals surface area contributed by atoms with Crippen molar-refractivity contribution in [2.75, 3.05) is 17.2 Å². The molecule has 0 saturated heterocycles. The van der Waals surface area contributed by atoms with Crippen LogP contribution in [0.1, 0.15) is 11.4 Å². The number of alkyl halides is 3. The van der Waals surface area contributed by atoms with Gasteiger partial charge in [0.2, 0.25) is 5.91 Å². The van der Waals surface area contributed by atoms with Gasteiger partial charge in [0, 0.05) is 11.4 Å². The second-order valence-corrected chi connectivity index (χ2v) is 6.19. The Morgan fingerprint density at radius 1 is 1.18 bits per heavy atom. The van der Waals surface area contributed by atoms with Crippen LogP contribution in [0.3, 0.4) is 0 Å². The Balaban J connectivity index is 1.65. The van der Waals surface area contributed by atoms with Crippen LogP contribution in [0.15, 0.2) is 42.5 Å². The molecule has 11 heteroatoms. The van der Waals surface area contributed by atoms with Crippen LogP contribution in [0.5, 0.6) is 0 Å². The molecular weight excluding hydrogens is 397 g/mol. The van der Waals surface area contributed by atoms with Crippen LogP contribution in [-0.4, -0.2) is 32.7 Å². The number of aryl methyl sites for hydroxylation is 1. The number of hydrogen-bond donors (Lipinski definition) is 2. The monoisotopic (exact) mass is 410 g/mol. The molecule has 0 saturated carbocycles. The maximum Gasteiger partial charge on any atom is 0.417 e. The number of hydrogen-bond acceptors (Lipinski definition) is 5. The van der Waals surface area contributed by atoms with E-state index in [4.69, 9.17) is 11.6 Å². The predicted molar refractivity (Wildman–Crippen MR) is 97.5 cm³/mol. The van der Waals surface area contributed by atoms with Gasteiger partial charge >= 0.3 is 6.18 Å². The number of carbonyl (C=O) groups is 1. The summed E-state index contributed by atoms with van der Waals surface area (Å²) in [7, 11) is 0. The number of anilines is 2. The van der Waals surface area contributed by atoms with Crippen LogP contribution < -0.4 is 10.6 Å². The smallest absolute Gasteiger partial charge is 0.376 e. The number of tetrazole rings is 1. The lowest BCUT2D eigenvalue weighted by Gasteiger charge is -2.12. The van der Waals surface area contributed by atoms with E-state index >= 15 is 0 Å². The molecule has 0 bridgehead atoms. The highest BCUT2D eigenvalue weighted by molar-refractivity contribution is 6.31. The van der Waals surface area contributed by atoms with Gasteiger partial charge in [0.25, 0.3) is 0 Å². The van der Waals surface area contributed by atoms with Crippen LogP contribution in [-0.2, 0) is 11.0 Å². The third-order valence-electron chi connectivity index (χ3n) is 3.72. The summed E-state index contributed by atoms with van der Waals surface area (Å²) in [5.74, 6) is 0.0811. The fraction of sp³-hybridized carbons (Fsp3) is 0.176. The molecule has 0 radical (unpaired) electrons. The second-order valence-electron chi connectivity index (χ2n) is 5.78. The molecule has 28 heavy (non-hydrogen) atoms. The van der Waals surface area contributed by atoms with Crippen molar-refractivity contribution >= 4 is 28.9 Å². The lowest BCUT2D eigenvalue weighted by molar-refractivity contribution is -0.137. The van der Waals surface area contributed by atoms with E-state index in [1.165, 1.54) is 10.7 Å². The molecule has 0 atom stereocenters. The SMILES string of the molecule is Cc1nnnn1-c1cccc(NCC(=O)Nc2ccc(Cl)c(C(F)(F)F)c2)c1. The van der Waals surface area contributed by atoms with Gasteiger partial charge in [-0.15, -0.1) is 5.10 Å². The number of amides is 1. The lowest BCUT2D eigenvalue weighted by atomic mass is 10.2. The minimum Gasteiger partial charge on any atom is -0.376 e. The number of aromatic nitrogens is 4.